The van der Waals surface area contributed by atoms with Crippen molar-refractivity contribution >= 4 is 21.9 Å². The molecule has 1 saturated heterocycles. The van der Waals surface area contributed by atoms with Gasteiger partial charge in [0, 0.05) is 26.2 Å². The van der Waals surface area contributed by atoms with E-state index in [1.54, 1.807) is 18.7 Å². The summed E-state index contributed by atoms with van der Waals surface area (Å²) < 4.78 is 31.4. The molecule has 1 aliphatic rings. The first-order valence-corrected chi connectivity index (χ1v) is 11.2. The fourth-order valence-electron chi connectivity index (χ4n) is 3.64. The summed E-state index contributed by atoms with van der Waals surface area (Å²) in [5.41, 5.74) is 0.215. The molecule has 1 heterocycles. The van der Waals surface area contributed by atoms with Gasteiger partial charge in [-0.2, -0.15) is 4.31 Å². The minimum Gasteiger partial charge on any atom is -0.452 e. The van der Waals surface area contributed by atoms with Crippen LogP contribution in [0.25, 0.3) is 0 Å². The molecule has 1 aromatic carbocycles. The van der Waals surface area contributed by atoms with Gasteiger partial charge in [-0.05, 0) is 42.5 Å². The van der Waals surface area contributed by atoms with Crippen LogP contribution in [0.2, 0.25) is 0 Å². The third-order valence-corrected chi connectivity index (χ3v) is 7.05. The first-order valence-electron chi connectivity index (χ1n) is 9.74. The maximum Gasteiger partial charge on any atom is 0.338 e. The van der Waals surface area contributed by atoms with Crippen LogP contribution < -0.4 is 0 Å². The average Bonchev–Trinajstić information content (AvgIpc) is 2.66. The Balaban J connectivity index is 1.97. The Morgan fingerprint density at radius 3 is 2.11 bits per heavy atom. The Bertz CT molecular complexity index is 777. The molecule has 0 bridgehead atoms. The van der Waals surface area contributed by atoms with Crippen molar-refractivity contribution in [1.29, 1.82) is 0 Å². The lowest BCUT2D eigenvalue weighted by molar-refractivity contribution is -0.137. The van der Waals surface area contributed by atoms with Gasteiger partial charge in [-0.25, -0.2) is 13.2 Å². The van der Waals surface area contributed by atoms with Crippen LogP contribution in [0.4, 0.5) is 0 Å². The number of esters is 1. The molecular weight excluding hydrogens is 380 g/mol. The highest BCUT2D eigenvalue weighted by molar-refractivity contribution is 7.89. The zero-order valence-electron chi connectivity index (χ0n) is 17.1. The Morgan fingerprint density at radius 1 is 1.07 bits per heavy atom. The third kappa shape index (κ3) is 5.32. The van der Waals surface area contributed by atoms with Gasteiger partial charge in [0.1, 0.15) is 0 Å². The van der Waals surface area contributed by atoms with E-state index in [1.165, 1.54) is 28.6 Å². The second-order valence-electron chi connectivity index (χ2n) is 7.43. The number of sulfonamides is 1. The molecule has 0 N–H and O–H groups in total. The molecule has 0 saturated carbocycles. The zero-order chi connectivity index (χ0) is 20.9. The lowest BCUT2D eigenvalue weighted by atomic mass is 9.92. The van der Waals surface area contributed by atoms with E-state index in [9.17, 15) is 18.0 Å². The topological polar surface area (TPSA) is 84.0 Å². The number of ether oxygens (including phenoxy) is 1. The first-order chi connectivity index (χ1) is 13.2. The number of piperidine rings is 1. The minimum absolute atomic E-state index is 0.125. The minimum atomic E-state index is -3.57. The number of amides is 1. The Morgan fingerprint density at radius 2 is 1.61 bits per heavy atom. The van der Waals surface area contributed by atoms with Crippen molar-refractivity contribution in [3.63, 3.8) is 0 Å². The maximum absolute atomic E-state index is 12.5. The Hall–Kier alpha value is -1.93. The fraction of sp³-hybridized carbons (Fsp3) is 0.600. The SMILES string of the molecule is CCN(CC)S(=O)(=O)c1ccc(C(=O)OCC(=O)N2C[C@@H](C)C[C@H](C)C2)cc1. The standard InChI is InChI=1S/C20H30N2O5S/c1-5-22(6-2)28(25,26)18-9-7-17(8-10-18)20(24)27-14-19(23)21-12-15(3)11-16(4)13-21/h7-10,15-16H,5-6,11-14H2,1-4H3/t15-,16-/m0/s1. The smallest absolute Gasteiger partial charge is 0.338 e. The summed E-state index contributed by atoms with van der Waals surface area (Å²) in [5.74, 6) is 0.0260. The lowest BCUT2D eigenvalue weighted by Crippen LogP contribution is -2.44. The zero-order valence-corrected chi connectivity index (χ0v) is 17.9. The normalized spacial score (nSPS) is 20.2. The molecule has 8 heteroatoms. The molecule has 0 spiro atoms. The van der Waals surface area contributed by atoms with E-state index in [2.05, 4.69) is 13.8 Å². The third-order valence-electron chi connectivity index (χ3n) is 4.98. The monoisotopic (exact) mass is 410 g/mol. The molecule has 28 heavy (non-hydrogen) atoms. The number of carbonyl (C=O) groups is 2. The summed E-state index contributed by atoms with van der Waals surface area (Å²) in [5, 5.41) is 0. The van der Waals surface area contributed by atoms with Crippen LogP contribution in [0.5, 0.6) is 0 Å². The summed E-state index contributed by atoms with van der Waals surface area (Å²) >= 11 is 0. The predicted octanol–water partition coefficient (Wildman–Crippen LogP) is 2.38. The number of likely N-dealkylation sites (tertiary alicyclic amines) is 1. The number of carbonyl (C=O) groups excluding carboxylic acids is 2. The van der Waals surface area contributed by atoms with Crippen LogP contribution in [0.15, 0.2) is 29.2 Å². The van der Waals surface area contributed by atoms with Crippen molar-refractivity contribution in [2.45, 2.75) is 39.0 Å². The van der Waals surface area contributed by atoms with Gasteiger partial charge in [0.25, 0.3) is 5.91 Å². The van der Waals surface area contributed by atoms with Crippen molar-refractivity contribution in [3.05, 3.63) is 29.8 Å². The summed E-state index contributed by atoms with van der Waals surface area (Å²) in [6.45, 7) is 9.55. The van der Waals surface area contributed by atoms with E-state index in [4.69, 9.17) is 4.74 Å². The second kappa shape index (κ2) is 9.52. The molecule has 156 valence electrons. The second-order valence-corrected chi connectivity index (χ2v) is 9.37. The number of rotatable bonds is 7. The van der Waals surface area contributed by atoms with Gasteiger partial charge in [-0.15, -0.1) is 0 Å². The molecule has 1 amide bonds. The van der Waals surface area contributed by atoms with Crippen molar-refractivity contribution in [1.82, 2.24) is 9.21 Å². The molecule has 1 fully saturated rings. The summed E-state index contributed by atoms with van der Waals surface area (Å²) in [4.78, 5) is 26.4. The van der Waals surface area contributed by atoms with Gasteiger partial charge < -0.3 is 9.64 Å². The quantitative estimate of drug-likeness (QED) is 0.645. The van der Waals surface area contributed by atoms with Crippen LogP contribution in [0.3, 0.4) is 0 Å². The van der Waals surface area contributed by atoms with Gasteiger partial charge in [0.2, 0.25) is 10.0 Å². The van der Waals surface area contributed by atoms with Crippen molar-refractivity contribution in [3.8, 4) is 0 Å². The molecule has 1 aliphatic heterocycles. The molecule has 7 nitrogen and oxygen atoms in total. The number of nitrogens with zero attached hydrogens (tertiary/aromatic N) is 2. The highest BCUT2D eigenvalue weighted by Gasteiger charge is 2.26. The van der Waals surface area contributed by atoms with Crippen LogP contribution in [-0.4, -0.2) is 62.3 Å². The van der Waals surface area contributed by atoms with E-state index >= 15 is 0 Å². The highest BCUT2D eigenvalue weighted by Crippen LogP contribution is 2.21. The maximum atomic E-state index is 12.5. The molecule has 0 radical (unpaired) electrons. The Kier molecular flexibility index (Phi) is 7.60. The molecule has 1 aromatic rings. The molecule has 2 rings (SSSR count). The first kappa shape index (κ1) is 22.4. The number of hydrogen-bond donors (Lipinski definition) is 0. The van der Waals surface area contributed by atoms with E-state index < -0.39 is 16.0 Å². The van der Waals surface area contributed by atoms with Crippen LogP contribution >= 0.6 is 0 Å². The highest BCUT2D eigenvalue weighted by atomic mass is 32.2. The van der Waals surface area contributed by atoms with Crippen molar-refractivity contribution in [2.75, 3.05) is 32.8 Å². The summed E-state index contributed by atoms with van der Waals surface area (Å²) in [6.07, 6.45) is 1.09. The van der Waals surface area contributed by atoms with Gasteiger partial charge in [0.05, 0.1) is 10.5 Å². The number of hydrogen-bond acceptors (Lipinski definition) is 5. The van der Waals surface area contributed by atoms with E-state index in [0.29, 0.717) is 38.0 Å². The average molecular weight is 411 g/mol. The van der Waals surface area contributed by atoms with Crippen molar-refractivity contribution < 1.29 is 22.7 Å². The summed E-state index contributed by atoms with van der Waals surface area (Å²) in [6, 6.07) is 5.60. The van der Waals surface area contributed by atoms with E-state index in [0.717, 1.165) is 6.42 Å². The van der Waals surface area contributed by atoms with Gasteiger partial charge in [-0.1, -0.05) is 27.7 Å². The molecule has 0 aliphatic carbocycles. The van der Waals surface area contributed by atoms with E-state index in [1.807, 2.05) is 0 Å². The molecular formula is C20H30N2O5S. The van der Waals surface area contributed by atoms with Crippen LogP contribution in [0, 0.1) is 11.8 Å². The predicted molar refractivity (Wildman–Crippen MR) is 106 cm³/mol. The summed E-state index contributed by atoms with van der Waals surface area (Å²) in [7, 11) is -3.57. The van der Waals surface area contributed by atoms with Crippen molar-refractivity contribution in [2.24, 2.45) is 11.8 Å². The van der Waals surface area contributed by atoms with Crippen LogP contribution in [-0.2, 0) is 19.6 Å². The fourth-order valence-corrected chi connectivity index (χ4v) is 5.10. The van der Waals surface area contributed by atoms with E-state index in [-0.39, 0.29) is 23.0 Å². The lowest BCUT2D eigenvalue weighted by Gasteiger charge is -2.34. The van der Waals surface area contributed by atoms with Gasteiger partial charge in [0.15, 0.2) is 6.61 Å². The van der Waals surface area contributed by atoms with Crippen LogP contribution in [0.1, 0.15) is 44.5 Å². The largest absolute Gasteiger partial charge is 0.452 e. The molecule has 2 atom stereocenters. The Labute approximate surface area is 167 Å². The number of benzene rings is 1. The van der Waals surface area contributed by atoms with Gasteiger partial charge >= 0.3 is 5.97 Å². The van der Waals surface area contributed by atoms with Gasteiger partial charge in [-0.3, -0.25) is 4.79 Å². The molecule has 0 aromatic heterocycles. The molecule has 0 unspecified atom stereocenters.